The maximum atomic E-state index is 14.8. The lowest BCUT2D eigenvalue weighted by molar-refractivity contribution is -0.164. The summed E-state index contributed by atoms with van der Waals surface area (Å²) in [5, 5.41) is 10.6. The van der Waals surface area contributed by atoms with E-state index >= 15 is 0 Å². The van der Waals surface area contributed by atoms with Gasteiger partial charge in [0.25, 0.3) is 0 Å². The predicted octanol–water partition coefficient (Wildman–Crippen LogP) is 3.65. The van der Waals surface area contributed by atoms with Gasteiger partial charge in [-0.25, -0.2) is 0 Å². The lowest BCUT2D eigenvalue weighted by Crippen LogP contribution is -2.61. The van der Waals surface area contributed by atoms with Crippen LogP contribution < -0.4 is 0 Å². The number of nitrogens with zero attached hydrogens (tertiary/aromatic N) is 3. The molecule has 250 valence electrons. The van der Waals surface area contributed by atoms with Crippen molar-refractivity contribution in [2.75, 3.05) is 20.2 Å². The van der Waals surface area contributed by atoms with E-state index < -0.39 is 65.2 Å². The Bertz CT molecular complexity index is 1390. The molecule has 4 aliphatic heterocycles. The first-order valence-electron chi connectivity index (χ1n) is 16.5. The molecule has 0 aliphatic carbocycles. The standard InChI is InChI=1S/C36H49N3O7/c1-22(2)20-25(21-40)39-31-33(43)38(35(4,5)6)19-13-9-12-16-27(41)37(7)23(3)30(24-14-10-8-11-15-24)45-34(44)28-26-17-18-36(31,46-26)29(28)32(39)42/h8-11,13-15,17-18,22-23,25-26,28-31,40H,12,16,19-21H2,1-7H3/b13-9-/t23-,25-,26+,28-,29-,30+,31+,36-/m1/s1. The highest BCUT2D eigenvalue weighted by Gasteiger charge is 2.74. The summed E-state index contributed by atoms with van der Waals surface area (Å²) in [6.07, 6.45) is 6.96. The smallest absolute Gasteiger partial charge is 0.313 e. The van der Waals surface area contributed by atoms with Gasteiger partial charge >= 0.3 is 5.97 Å². The summed E-state index contributed by atoms with van der Waals surface area (Å²) >= 11 is 0. The lowest BCUT2D eigenvalue weighted by atomic mass is 9.74. The number of allylic oxidation sites excluding steroid dienone is 1. The van der Waals surface area contributed by atoms with Crippen molar-refractivity contribution < 1.29 is 33.8 Å². The van der Waals surface area contributed by atoms with Gasteiger partial charge in [-0.15, -0.1) is 0 Å². The third kappa shape index (κ3) is 5.90. The molecule has 1 aromatic rings. The number of hydrogen-bond acceptors (Lipinski definition) is 7. The Morgan fingerprint density at radius 2 is 1.74 bits per heavy atom. The minimum atomic E-state index is -1.39. The van der Waals surface area contributed by atoms with Crippen LogP contribution in [0.1, 0.15) is 72.5 Å². The molecule has 2 fully saturated rings. The summed E-state index contributed by atoms with van der Waals surface area (Å²) in [5.74, 6) is -3.31. The number of esters is 1. The Hall–Kier alpha value is -3.50. The van der Waals surface area contributed by atoms with Crippen molar-refractivity contribution in [2.45, 2.75) is 102 Å². The molecule has 5 rings (SSSR count). The molecule has 0 unspecified atom stereocenters. The number of amides is 3. The number of likely N-dealkylation sites (tertiary alicyclic amines) is 1. The van der Waals surface area contributed by atoms with E-state index in [4.69, 9.17) is 9.47 Å². The van der Waals surface area contributed by atoms with Crippen LogP contribution in [-0.2, 0) is 28.7 Å². The summed E-state index contributed by atoms with van der Waals surface area (Å²) < 4.78 is 12.9. The number of hydrogen-bond donors (Lipinski definition) is 1. The number of carbonyl (C=O) groups is 4. The first kappa shape index (κ1) is 33.9. The van der Waals surface area contributed by atoms with E-state index in [0.29, 0.717) is 12.8 Å². The van der Waals surface area contributed by atoms with Crippen molar-refractivity contribution in [1.29, 1.82) is 0 Å². The van der Waals surface area contributed by atoms with Crippen LogP contribution in [0.3, 0.4) is 0 Å². The second-order valence-electron chi connectivity index (χ2n) is 14.6. The molecule has 4 heterocycles. The SMILES string of the molecule is CC(C)C[C@H](CO)N1C(=O)[C@H]2[C@@H]3C(=O)O[C@H](c4ccccc4)[C@@H](C)N(C)C(=O)CC/C=C\CN(C(C)(C)C)C(=O)[C@H]1[C@@]21C=C[C@@H]3O1. The minimum absolute atomic E-state index is 0.0996. The van der Waals surface area contributed by atoms with E-state index in [1.165, 1.54) is 4.90 Å². The van der Waals surface area contributed by atoms with Gasteiger partial charge in [0.05, 0.1) is 30.7 Å². The molecule has 2 saturated heterocycles. The number of ether oxygens (including phenoxy) is 2. The summed E-state index contributed by atoms with van der Waals surface area (Å²) in [6.45, 7) is 11.6. The van der Waals surface area contributed by atoms with Gasteiger partial charge in [0, 0.05) is 25.6 Å². The van der Waals surface area contributed by atoms with Crippen molar-refractivity contribution in [1.82, 2.24) is 14.7 Å². The number of cyclic esters (lactones) is 1. The number of aliphatic hydroxyl groups is 1. The van der Waals surface area contributed by atoms with Crippen LogP contribution in [0, 0.1) is 17.8 Å². The molecule has 5 bridgehead atoms. The molecule has 0 radical (unpaired) electrons. The minimum Gasteiger partial charge on any atom is -0.455 e. The topological polar surface area (TPSA) is 117 Å². The van der Waals surface area contributed by atoms with Crippen molar-refractivity contribution >= 4 is 23.7 Å². The predicted molar refractivity (Wildman–Crippen MR) is 172 cm³/mol. The first-order chi connectivity index (χ1) is 21.7. The Morgan fingerprint density at radius 1 is 1.04 bits per heavy atom. The molecule has 3 amide bonds. The zero-order chi connectivity index (χ0) is 33.6. The summed E-state index contributed by atoms with van der Waals surface area (Å²) in [4.78, 5) is 61.9. The number of rotatable bonds is 5. The fourth-order valence-electron chi connectivity index (χ4n) is 7.62. The highest BCUT2D eigenvalue weighted by atomic mass is 16.6. The monoisotopic (exact) mass is 635 g/mol. The Labute approximate surface area is 272 Å². The first-order valence-corrected chi connectivity index (χ1v) is 16.5. The summed E-state index contributed by atoms with van der Waals surface area (Å²) in [6, 6.07) is 7.04. The lowest BCUT2D eigenvalue weighted by Gasteiger charge is -2.43. The van der Waals surface area contributed by atoms with E-state index in [-0.39, 0.29) is 37.3 Å². The van der Waals surface area contributed by atoms with Gasteiger partial charge in [-0.05, 0) is 52.0 Å². The second kappa shape index (κ2) is 13.0. The van der Waals surface area contributed by atoms with Crippen LogP contribution in [0.25, 0.3) is 0 Å². The van der Waals surface area contributed by atoms with Crippen LogP contribution in [0.4, 0.5) is 0 Å². The maximum absolute atomic E-state index is 14.8. The van der Waals surface area contributed by atoms with Crippen LogP contribution >= 0.6 is 0 Å². The van der Waals surface area contributed by atoms with Gasteiger partial charge in [0.1, 0.15) is 23.7 Å². The fraction of sp³-hybridized carbons (Fsp3) is 0.611. The van der Waals surface area contributed by atoms with E-state index in [1.807, 2.05) is 84.0 Å². The normalized spacial score (nSPS) is 33.5. The molecule has 0 saturated carbocycles. The molecular weight excluding hydrogens is 586 g/mol. The van der Waals surface area contributed by atoms with E-state index in [2.05, 4.69) is 0 Å². The van der Waals surface area contributed by atoms with Crippen LogP contribution in [0.15, 0.2) is 54.6 Å². The fourth-order valence-corrected chi connectivity index (χ4v) is 7.62. The molecule has 1 spiro atoms. The molecular formula is C36H49N3O7. The molecule has 1 aromatic carbocycles. The van der Waals surface area contributed by atoms with Crippen LogP contribution in [0.5, 0.6) is 0 Å². The number of aliphatic hydroxyl groups excluding tert-OH is 1. The second-order valence-corrected chi connectivity index (χ2v) is 14.6. The van der Waals surface area contributed by atoms with Gasteiger partial charge in [-0.2, -0.15) is 0 Å². The highest BCUT2D eigenvalue weighted by molar-refractivity contribution is 5.99. The molecule has 8 atom stereocenters. The third-order valence-electron chi connectivity index (χ3n) is 10.0. The maximum Gasteiger partial charge on any atom is 0.313 e. The molecule has 10 heteroatoms. The van der Waals surface area contributed by atoms with Crippen molar-refractivity contribution in [3.8, 4) is 0 Å². The number of likely N-dealkylation sites (N-methyl/N-ethyl adjacent to an activating group) is 1. The number of fused-ring (bicyclic) bond motifs is 2. The van der Waals surface area contributed by atoms with Crippen LogP contribution in [0.2, 0.25) is 0 Å². The Balaban J connectivity index is 1.65. The van der Waals surface area contributed by atoms with Crippen molar-refractivity contribution in [3.63, 3.8) is 0 Å². The van der Waals surface area contributed by atoms with Gasteiger partial charge < -0.3 is 29.3 Å². The average molecular weight is 636 g/mol. The zero-order valence-corrected chi connectivity index (χ0v) is 28.1. The van der Waals surface area contributed by atoms with Gasteiger partial charge in [0.15, 0.2) is 0 Å². The summed E-state index contributed by atoms with van der Waals surface area (Å²) in [5.41, 5.74) is -1.30. The van der Waals surface area contributed by atoms with Crippen LogP contribution in [-0.4, -0.2) is 99.1 Å². The van der Waals surface area contributed by atoms with E-state index in [1.54, 1.807) is 29.0 Å². The van der Waals surface area contributed by atoms with E-state index in [9.17, 15) is 24.3 Å². The average Bonchev–Trinajstić information content (AvgIpc) is 3.65. The molecule has 4 aliphatic rings. The zero-order valence-electron chi connectivity index (χ0n) is 28.1. The molecule has 10 nitrogen and oxygen atoms in total. The van der Waals surface area contributed by atoms with Gasteiger partial charge in [-0.3, -0.25) is 19.2 Å². The molecule has 46 heavy (non-hydrogen) atoms. The van der Waals surface area contributed by atoms with E-state index in [0.717, 1.165) is 5.56 Å². The van der Waals surface area contributed by atoms with Gasteiger partial charge in [-0.1, -0.05) is 68.5 Å². The Morgan fingerprint density at radius 3 is 2.37 bits per heavy atom. The highest BCUT2D eigenvalue weighted by Crippen LogP contribution is 2.56. The summed E-state index contributed by atoms with van der Waals surface area (Å²) in [7, 11) is 1.71. The largest absolute Gasteiger partial charge is 0.455 e. The molecule has 0 aromatic heterocycles. The van der Waals surface area contributed by atoms with Crippen molar-refractivity contribution in [2.24, 2.45) is 17.8 Å². The molecule has 1 N–H and O–H groups in total. The third-order valence-corrected chi connectivity index (χ3v) is 10.0. The van der Waals surface area contributed by atoms with Gasteiger partial charge in [0.2, 0.25) is 17.7 Å². The quantitative estimate of drug-likeness (QED) is 0.388. The van der Waals surface area contributed by atoms with Crippen molar-refractivity contribution in [3.05, 3.63) is 60.2 Å². The number of benzene rings is 1. The Kier molecular flexibility index (Phi) is 9.53. The number of carbonyl (C=O) groups excluding carboxylic acids is 4.